The number of hydrogen-bond acceptors (Lipinski definition) is 7. The molecule has 2 atom stereocenters. The average Bonchev–Trinajstić information content (AvgIpc) is 2.87. The lowest BCUT2D eigenvalue weighted by molar-refractivity contribution is -0.160. The van der Waals surface area contributed by atoms with Crippen LogP contribution in [-0.4, -0.2) is 57.7 Å². The van der Waals surface area contributed by atoms with Gasteiger partial charge in [-0.1, -0.05) is 30.3 Å². The van der Waals surface area contributed by atoms with Gasteiger partial charge in [-0.15, -0.1) is 0 Å². The predicted molar refractivity (Wildman–Crippen MR) is 129 cm³/mol. The summed E-state index contributed by atoms with van der Waals surface area (Å²) in [6, 6.07) is 5.40. The summed E-state index contributed by atoms with van der Waals surface area (Å²) in [7, 11) is -4.47. The Morgan fingerprint density at radius 1 is 1.10 bits per heavy atom. The Kier molecular flexibility index (Phi) is 10.0. The first kappa shape index (κ1) is 31.2. The average molecular weight is 594 g/mol. The van der Waals surface area contributed by atoms with E-state index in [2.05, 4.69) is 10.1 Å². The molecule has 0 saturated carbocycles. The second-order valence-corrected chi connectivity index (χ2v) is 11.2. The maximum atomic E-state index is 14.1. The molecule has 3 rings (SSSR count). The molecule has 1 aliphatic rings. The minimum atomic E-state index is -5.05. The number of para-hydroxylation sites is 1. The molecule has 0 aliphatic carbocycles. The third-order valence-corrected chi connectivity index (χ3v) is 7.71. The van der Waals surface area contributed by atoms with Crippen LogP contribution in [0.5, 0.6) is 5.75 Å². The van der Waals surface area contributed by atoms with Crippen LogP contribution >= 0.6 is 0 Å². The number of benzene rings is 2. The maximum absolute atomic E-state index is 14.1. The van der Waals surface area contributed by atoms with Gasteiger partial charge < -0.3 is 14.8 Å². The van der Waals surface area contributed by atoms with Crippen molar-refractivity contribution in [3.63, 3.8) is 0 Å². The Bertz CT molecular complexity index is 1310. The molecule has 40 heavy (non-hydrogen) atoms. The van der Waals surface area contributed by atoms with E-state index in [0.29, 0.717) is 0 Å². The van der Waals surface area contributed by atoms with Gasteiger partial charge in [-0.25, -0.2) is 12.8 Å². The van der Waals surface area contributed by atoms with Crippen molar-refractivity contribution in [2.75, 3.05) is 19.0 Å². The minimum absolute atomic E-state index is 0.00765. The van der Waals surface area contributed by atoms with Gasteiger partial charge in [0.1, 0.15) is 29.2 Å². The summed E-state index contributed by atoms with van der Waals surface area (Å²) < 4.78 is 117. The first-order valence-electron chi connectivity index (χ1n) is 11.9. The fourth-order valence-electron chi connectivity index (χ4n) is 4.13. The number of nitrogens with zero attached hydrogens (tertiary/aromatic N) is 1. The van der Waals surface area contributed by atoms with Gasteiger partial charge in [-0.3, -0.25) is 10.1 Å². The third-order valence-electron chi connectivity index (χ3n) is 6.12. The van der Waals surface area contributed by atoms with E-state index in [1.54, 1.807) is 0 Å². The number of nitriles is 1. The lowest BCUT2D eigenvalue weighted by atomic mass is 9.91. The van der Waals surface area contributed by atoms with E-state index in [1.165, 1.54) is 18.2 Å². The lowest BCUT2D eigenvalue weighted by Gasteiger charge is -2.34. The molecule has 0 radical (unpaired) electrons. The van der Waals surface area contributed by atoms with Crippen molar-refractivity contribution in [2.45, 2.75) is 49.0 Å². The molecule has 1 amide bonds. The zero-order valence-electron chi connectivity index (χ0n) is 20.8. The molecule has 1 fully saturated rings. The van der Waals surface area contributed by atoms with Crippen LogP contribution in [0.4, 0.5) is 26.3 Å². The molecule has 0 unspecified atom stereocenters. The van der Waals surface area contributed by atoms with Crippen LogP contribution in [0.15, 0.2) is 48.5 Å². The minimum Gasteiger partial charge on any atom is -0.435 e. The Hall–Kier alpha value is -3.35. The number of amides is 1. The number of carbonyl (C=O) groups excluding carboxylic acids is 1. The van der Waals surface area contributed by atoms with Crippen LogP contribution in [0, 0.1) is 17.1 Å². The molecule has 1 saturated heterocycles. The van der Waals surface area contributed by atoms with Crippen LogP contribution in [-0.2, 0) is 25.1 Å². The van der Waals surface area contributed by atoms with Gasteiger partial charge in [0.25, 0.3) is 0 Å². The molecule has 15 heteroatoms. The smallest absolute Gasteiger partial charge is 0.407 e. The Morgan fingerprint density at radius 3 is 2.30 bits per heavy atom. The third kappa shape index (κ3) is 8.57. The van der Waals surface area contributed by atoms with E-state index in [0.717, 1.165) is 30.3 Å². The second-order valence-electron chi connectivity index (χ2n) is 9.08. The Morgan fingerprint density at radius 2 is 1.73 bits per heavy atom. The molecule has 0 aromatic heterocycles. The van der Waals surface area contributed by atoms with Crippen molar-refractivity contribution in [1.29, 1.82) is 5.26 Å². The summed E-state index contributed by atoms with van der Waals surface area (Å²) in [5.41, 5.74) is -2.22. The maximum Gasteiger partial charge on any atom is 0.407 e. The molecule has 2 N–H and O–H groups in total. The van der Waals surface area contributed by atoms with Crippen LogP contribution in [0.25, 0.3) is 0 Å². The standard InChI is InChI=1S/C25H25F6N3O5S/c26-18-7-5-16(6-8-18)21(25(29,30)31)33-19(22(35)34-24(15-32)9-11-38-12-10-24)14-40(36,37)13-17-3-1-2-4-20(17)39-23(27)28/h1-8,19,21,23,33H,9-14H2,(H,34,35)/t19-,21-/m0/s1. The van der Waals surface area contributed by atoms with Gasteiger partial charge in [0, 0.05) is 31.6 Å². The number of rotatable bonds is 11. The van der Waals surface area contributed by atoms with Gasteiger partial charge in [0.05, 0.1) is 17.6 Å². The highest BCUT2D eigenvalue weighted by atomic mass is 32.2. The molecule has 0 spiro atoms. The number of alkyl halides is 5. The van der Waals surface area contributed by atoms with Gasteiger partial charge in [-0.05, 0) is 23.8 Å². The summed E-state index contributed by atoms with van der Waals surface area (Å²) >= 11 is 0. The normalized spacial score (nSPS) is 17.1. The van der Waals surface area contributed by atoms with Crippen LogP contribution in [0.3, 0.4) is 0 Å². The summed E-state index contributed by atoms with van der Waals surface area (Å²) in [5, 5.41) is 14.1. The van der Waals surface area contributed by atoms with Gasteiger partial charge in [0.2, 0.25) is 5.91 Å². The van der Waals surface area contributed by atoms with Crippen molar-refractivity contribution >= 4 is 15.7 Å². The summed E-state index contributed by atoms with van der Waals surface area (Å²) in [4.78, 5) is 13.3. The number of hydrogen-bond donors (Lipinski definition) is 2. The molecule has 218 valence electrons. The topological polar surface area (TPSA) is 118 Å². The van der Waals surface area contributed by atoms with Crippen molar-refractivity contribution in [1.82, 2.24) is 10.6 Å². The summed E-state index contributed by atoms with van der Waals surface area (Å²) in [6.45, 7) is -3.12. The van der Waals surface area contributed by atoms with Gasteiger partial charge in [-0.2, -0.15) is 27.2 Å². The quantitative estimate of drug-likeness (QED) is 0.381. The number of nitrogens with one attached hydrogen (secondary N) is 2. The fourth-order valence-corrected chi connectivity index (χ4v) is 5.71. The van der Waals surface area contributed by atoms with E-state index in [-0.39, 0.29) is 31.6 Å². The van der Waals surface area contributed by atoms with Crippen molar-refractivity contribution in [3.05, 3.63) is 65.5 Å². The summed E-state index contributed by atoms with van der Waals surface area (Å²) in [6.07, 6.45) is -5.04. The largest absolute Gasteiger partial charge is 0.435 e. The highest BCUT2D eigenvalue weighted by Crippen LogP contribution is 2.34. The lowest BCUT2D eigenvalue weighted by Crippen LogP contribution is -2.59. The highest BCUT2D eigenvalue weighted by molar-refractivity contribution is 7.90. The summed E-state index contributed by atoms with van der Waals surface area (Å²) in [5.74, 6) is -4.62. The molecule has 0 bridgehead atoms. The number of ether oxygens (including phenoxy) is 2. The monoisotopic (exact) mass is 593 g/mol. The van der Waals surface area contributed by atoms with E-state index in [9.17, 15) is 44.8 Å². The van der Waals surface area contributed by atoms with Crippen LogP contribution in [0.2, 0.25) is 0 Å². The predicted octanol–water partition coefficient (Wildman–Crippen LogP) is 3.79. The molecular formula is C25H25F6N3O5S. The van der Waals surface area contributed by atoms with E-state index >= 15 is 0 Å². The number of carbonyl (C=O) groups is 1. The Labute approximate surface area is 226 Å². The molecule has 2 aromatic carbocycles. The molecular weight excluding hydrogens is 568 g/mol. The first-order chi connectivity index (χ1) is 18.7. The second kappa shape index (κ2) is 12.9. The van der Waals surface area contributed by atoms with Crippen LogP contribution in [0.1, 0.15) is 30.0 Å². The molecule has 1 heterocycles. The zero-order valence-corrected chi connectivity index (χ0v) is 21.6. The number of sulfone groups is 1. The van der Waals surface area contributed by atoms with Crippen molar-refractivity contribution in [2.24, 2.45) is 0 Å². The molecule has 2 aromatic rings. The van der Waals surface area contributed by atoms with Gasteiger partial charge in [0.15, 0.2) is 9.84 Å². The highest BCUT2D eigenvalue weighted by Gasteiger charge is 2.45. The fraction of sp³-hybridized carbons (Fsp3) is 0.440. The molecule has 8 nitrogen and oxygen atoms in total. The van der Waals surface area contributed by atoms with Crippen LogP contribution < -0.4 is 15.4 Å². The van der Waals surface area contributed by atoms with E-state index in [4.69, 9.17) is 4.74 Å². The molecule has 1 aliphatic heterocycles. The van der Waals surface area contributed by atoms with Gasteiger partial charge >= 0.3 is 12.8 Å². The van der Waals surface area contributed by atoms with Crippen molar-refractivity contribution in [3.8, 4) is 11.8 Å². The van der Waals surface area contributed by atoms with E-state index in [1.807, 2.05) is 11.4 Å². The van der Waals surface area contributed by atoms with Crippen molar-refractivity contribution < 1.29 is 49.0 Å². The first-order valence-corrected chi connectivity index (χ1v) is 13.7. The SMILES string of the molecule is N#CC1(NC(=O)[C@H](CS(=O)(=O)Cc2ccccc2OC(F)F)N[C@@H](c2ccc(F)cc2)C(F)(F)F)CCOCC1. The Balaban J connectivity index is 1.95. The van der Waals surface area contributed by atoms with E-state index < -0.39 is 74.8 Å². The number of halogens is 6. The zero-order chi connectivity index (χ0) is 29.6.